The summed E-state index contributed by atoms with van der Waals surface area (Å²) in [4.78, 5) is 22.7. The van der Waals surface area contributed by atoms with Gasteiger partial charge < -0.3 is 4.74 Å². The summed E-state index contributed by atoms with van der Waals surface area (Å²) < 4.78 is 4.50. The summed E-state index contributed by atoms with van der Waals surface area (Å²) >= 11 is 0. The Labute approximate surface area is 97.8 Å². The molecule has 5 heteroatoms. The molecule has 0 spiro atoms. The zero-order valence-electron chi connectivity index (χ0n) is 9.01. The number of nitrogens with zero attached hydrogens (tertiary/aromatic N) is 2. The Morgan fingerprint density at radius 1 is 1.12 bits per heavy atom. The van der Waals surface area contributed by atoms with Crippen molar-refractivity contribution in [3.63, 3.8) is 0 Å². The molecule has 0 aromatic heterocycles. The molecule has 0 bridgehead atoms. The highest BCUT2D eigenvalue weighted by atomic mass is 16.5. The Balaban J connectivity index is 2.97. The third-order valence-electron chi connectivity index (χ3n) is 2.11. The number of rotatable bonds is 3. The second kappa shape index (κ2) is 5.43. The fraction of sp³-hybridized carbons (Fsp3) is 0.167. The molecule has 0 saturated heterocycles. The third-order valence-corrected chi connectivity index (χ3v) is 2.11. The topological polar surface area (TPSA) is 90.9 Å². The van der Waals surface area contributed by atoms with E-state index in [1.165, 1.54) is 31.4 Å². The zero-order valence-corrected chi connectivity index (χ0v) is 9.01. The van der Waals surface area contributed by atoms with Crippen molar-refractivity contribution in [3.8, 4) is 12.1 Å². The molecule has 0 unspecified atom stereocenters. The van der Waals surface area contributed by atoms with Crippen molar-refractivity contribution in [3.05, 3.63) is 35.4 Å². The summed E-state index contributed by atoms with van der Waals surface area (Å²) in [6.45, 7) is 0. The van der Waals surface area contributed by atoms with Crippen molar-refractivity contribution in [2.75, 3.05) is 7.11 Å². The summed E-state index contributed by atoms with van der Waals surface area (Å²) in [5.74, 6) is -2.41. The van der Waals surface area contributed by atoms with Crippen molar-refractivity contribution in [1.82, 2.24) is 0 Å². The van der Waals surface area contributed by atoms with E-state index in [1.807, 2.05) is 0 Å². The Morgan fingerprint density at radius 3 is 2.00 bits per heavy atom. The van der Waals surface area contributed by atoms with Crippen molar-refractivity contribution >= 4 is 11.8 Å². The van der Waals surface area contributed by atoms with Crippen LogP contribution in [0.4, 0.5) is 0 Å². The molecule has 17 heavy (non-hydrogen) atoms. The van der Waals surface area contributed by atoms with Crippen LogP contribution in [0.2, 0.25) is 0 Å². The van der Waals surface area contributed by atoms with Crippen molar-refractivity contribution < 1.29 is 14.3 Å². The molecule has 0 radical (unpaired) electrons. The third kappa shape index (κ3) is 2.67. The lowest BCUT2D eigenvalue weighted by atomic mass is 9.99. The molecule has 0 aliphatic rings. The first-order chi connectivity index (χ1) is 8.13. The van der Waals surface area contributed by atoms with E-state index in [1.54, 1.807) is 12.1 Å². The van der Waals surface area contributed by atoms with Gasteiger partial charge in [0.2, 0.25) is 0 Å². The SMILES string of the molecule is COC(=O)c1ccc(C(=O)C(C#N)C#N)cc1. The van der Waals surface area contributed by atoms with Gasteiger partial charge in [0, 0.05) is 5.56 Å². The van der Waals surface area contributed by atoms with Gasteiger partial charge in [0.15, 0.2) is 11.7 Å². The first kappa shape index (κ1) is 12.4. The summed E-state index contributed by atoms with van der Waals surface area (Å²) in [6, 6.07) is 8.78. The van der Waals surface area contributed by atoms with Crippen LogP contribution in [0, 0.1) is 28.6 Å². The molecule has 1 aromatic rings. The zero-order chi connectivity index (χ0) is 12.8. The van der Waals surface area contributed by atoms with E-state index in [0.717, 1.165) is 0 Å². The van der Waals surface area contributed by atoms with Crippen LogP contribution in [0.3, 0.4) is 0 Å². The van der Waals surface area contributed by atoms with Crippen molar-refractivity contribution in [1.29, 1.82) is 10.5 Å². The normalized spacial score (nSPS) is 9.18. The standard InChI is InChI=1S/C12H8N2O3/c1-17-12(16)9-4-2-8(3-5-9)11(15)10(6-13)7-14/h2-5,10H,1H3. The minimum atomic E-state index is -1.32. The molecule has 5 nitrogen and oxygen atoms in total. The van der Waals surface area contributed by atoms with Gasteiger partial charge in [0.1, 0.15) is 0 Å². The molecule has 84 valence electrons. The second-order valence-corrected chi connectivity index (χ2v) is 3.12. The number of Topliss-reactive ketones (excluding diaryl/α,β-unsaturated/α-hetero) is 1. The maximum atomic E-state index is 11.6. The number of hydrogen-bond donors (Lipinski definition) is 0. The van der Waals surface area contributed by atoms with E-state index < -0.39 is 17.7 Å². The quantitative estimate of drug-likeness (QED) is 0.574. The van der Waals surface area contributed by atoms with Crippen LogP contribution in [0.25, 0.3) is 0 Å². The van der Waals surface area contributed by atoms with Gasteiger partial charge in [-0.3, -0.25) is 4.79 Å². The van der Waals surface area contributed by atoms with Gasteiger partial charge in [-0.1, -0.05) is 12.1 Å². The molecule has 0 heterocycles. The van der Waals surface area contributed by atoms with Gasteiger partial charge in [0.25, 0.3) is 0 Å². The van der Waals surface area contributed by atoms with Crippen LogP contribution >= 0.6 is 0 Å². The molecule has 1 aromatic carbocycles. The number of ketones is 1. The Morgan fingerprint density at radius 2 is 1.59 bits per heavy atom. The van der Waals surface area contributed by atoms with E-state index in [0.29, 0.717) is 5.56 Å². The Bertz CT molecular complexity index is 506. The summed E-state index contributed by atoms with van der Waals surface area (Å²) in [5.41, 5.74) is 0.514. The maximum absolute atomic E-state index is 11.6. The minimum Gasteiger partial charge on any atom is -0.465 e. The van der Waals surface area contributed by atoms with Gasteiger partial charge in [0.05, 0.1) is 24.8 Å². The number of esters is 1. The highest BCUT2D eigenvalue weighted by Gasteiger charge is 2.19. The monoisotopic (exact) mass is 228 g/mol. The van der Waals surface area contributed by atoms with Crippen molar-refractivity contribution in [2.45, 2.75) is 0 Å². The van der Waals surface area contributed by atoms with Gasteiger partial charge in [-0.05, 0) is 12.1 Å². The fourth-order valence-electron chi connectivity index (χ4n) is 1.20. The average molecular weight is 228 g/mol. The second-order valence-electron chi connectivity index (χ2n) is 3.12. The van der Waals surface area contributed by atoms with Gasteiger partial charge in [-0.2, -0.15) is 10.5 Å². The fourth-order valence-corrected chi connectivity index (χ4v) is 1.20. The minimum absolute atomic E-state index is 0.214. The molecule has 1 rings (SSSR count). The predicted molar refractivity (Wildman–Crippen MR) is 56.8 cm³/mol. The average Bonchev–Trinajstić information content (AvgIpc) is 2.39. The lowest BCUT2D eigenvalue weighted by Gasteiger charge is -2.02. The van der Waals surface area contributed by atoms with E-state index in [9.17, 15) is 9.59 Å². The number of ether oxygens (including phenoxy) is 1. The van der Waals surface area contributed by atoms with E-state index >= 15 is 0 Å². The summed E-state index contributed by atoms with van der Waals surface area (Å²) in [5, 5.41) is 17.1. The highest BCUT2D eigenvalue weighted by molar-refractivity contribution is 6.01. The van der Waals surface area contributed by atoms with Crippen LogP contribution in [0.5, 0.6) is 0 Å². The van der Waals surface area contributed by atoms with Crippen LogP contribution in [-0.2, 0) is 4.74 Å². The van der Waals surface area contributed by atoms with Gasteiger partial charge in [-0.15, -0.1) is 0 Å². The maximum Gasteiger partial charge on any atom is 0.337 e. The molecule has 0 amide bonds. The molecular weight excluding hydrogens is 220 g/mol. The molecule has 0 saturated carbocycles. The lowest BCUT2D eigenvalue weighted by molar-refractivity contribution is 0.0600. The number of nitriles is 2. The Kier molecular flexibility index (Phi) is 3.96. The molecular formula is C12H8N2O3. The summed E-state index contributed by atoms with van der Waals surface area (Å²) in [6.07, 6.45) is 0. The first-order valence-electron chi connectivity index (χ1n) is 4.66. The number of carbonyl (C=O) groups excluding carboxylic acids is 2. The Hall–Kier alpha value is -2.66. The van der Waals surface area contributed by atoms with E-state index in [-0.39, 0.29) is 5.56 Å². The molecule has 0 atom stereocenters. The molecule has 0 aliphatic carbocycles. The van der Waals surface area contributed by atoms with Crippen LogP contribution < -0.4 is 0 Å². The summed E-state index contributed by atoms with van der Waals surface area (Å²) in [7, 11) is 1.25. The van der Waals surface area contributed by atoms with E-state index in [2.05, 4.69) is 4.74 Å². The highest BCUT2D eigenvalue weighted by Crippen LogP contribution is 2.10. The largest absolute Gasteiger partial charge is 0.465 e. The number of carbonyl (C=O) groups is 2. The molecule has 0 fully saturated rings. The van der Waals surface area contributed by atoms with Crippen LogP contribution in [-0.4, -0.2) is 18.9 Å². The number of methoxy groups -OCH3 is 1. The molecule has 0 N–H and O–H groups in total. The smallest absolute Gasteiger partial charge is 0.337 e. The van der Waals surface area contributed by atoms with Crippen LogP contribution in [0.1, 0.15) is 20.7 Å². The van der Waals surface area contributed by atoms with Gasteiger partial charge in [-0.25, -0.2) is 4.79 Å². The number of hydrogen-bond acceptors (Lipinski definition) is 5. The lowest BCUT2D eigenvalue weighted by Crippen LogP contribution is -2.11. The predicted octanol–water partition coefficient (Wildman–Crippen LogP) is 1.32. The molecule has 0 aliphatic heterocycles. The van der Waals surface area contributed by atoms with Crippen LogP contribution in [0.15, 0.2) is 24.3 Å². The van der Waals surface area contributed by atoms with E-state index in [4.69, 9.17) is 10.5 Å². The van der Waals surface area contributed by atoms with Gasteiger partial charge >= 0.3 is 5.97 Å². The number of benzene rings is 1. The first-order valence-corrected chi connectivity index (χ1v) is 4.66. The van der Waals surface area contributed by atoms with Crippen molar-refractivity contribution in [2.24, 2.45) is 5.92 Å².